The molecule has 13 rings (SSSR count). The number of hydrogen-bond donors (Lipinski definition) is 0. The minimum absolute atomic E-state index is 0.569. The van der Waals surface area contributed by atoms with E-state index in [9.17, 15) is 0 Å². The van der Waals surface area contributed by atoms with Gasteiger partial charge in [0.1, 0.15) is 0 Å². The highest BCUT2D eigenvalue weighted by atomic mass is 15.0. The van der Waals surface area contributed by atoms with E-state index in [1.54, 1.807) is 0 Å². The summed E-state index contributed by atoms with van der Waals surface area (Å²) in [4.78, 5) is 20.6. The Morgan fingerprint density at radius 1 is 0.314 bits per heavy atom. The minimum Gasteiger partial charge on any atom is -0.309 e. The van der Waals surface area contributed by atoms with Crippen LogP contribution < -0.4 is 0 Å². The van der Waals surface area contributed by atoms with Gasteiger partial charge in [-0.15, -0.1) is 0 Å². The molecule has 0 unspecified atom stereocenters. The maximum Gasteiger partial charge on any atom is 0.164 e. The SMILES string of the molecule is Cc1ccccc1-c1ccc2c(c1)c1ccccc1n2-c1ccc(-c2nc(-c3ccccc3)nc(-c3ccccc3)n2)c(-c2cnccc2-n2c3ccccc3c3cc(-c4ccccc4C)ccc32)c1. The Hall–Kier alpha value is -9.26. The summed E-state index contributed by atoms with van der Waals surface area (Å²) < 4.78 is 4.78. The van der Waals surface area contributed by atoms with Crippen molar-refractivity contribution >= 4 is 43.6 Å². The predicted molar refractivity (Wildman–Crippen MR) is 288 cm³/mol. The van der Waals surface area contributed by atoms with E-state index in [4.69, 9.17) is 19.9 Å². The van der Waals surface area contributed by atoms with Crippen LogP contribution in [-0.4, -0.2) is 29.1 Å². The van der Waals surface area contributed by atoms with Crippen molar-refractivity contribution in [3.8, 4) is 78.9 Å². The molecule has 6 heteroatoms. The van der Waals surface area contributed by atoms with E-state index in [0.29, 0.717) is 17.5 Å². The molecule has 0 radical (unpaired) electrons. The molecule has 0 N–H and O–H groups in total. The maximum atomic E-state index is 5.31. The van der Waals surface area contributed by atoms with E-state index in [1.807, 2.05) is 48.8 Å². The molecule has 0 saturated carbocycles. The Balaban J connectivity index is 1.09. The first-order valence-corrected chi connectivity index (χ1v) is 23.7. The number of aromatic nitrogens is 6. The summed E-state index contributed by atoms with van der Waals surface area (Å²) in [5.41, 5.74) is 18.4. The lowest BCUT2D eigenvalue weighted by molar-refractivity contribution is 1.07. The molecule has 330 valence electrons. The van der Waals surface area contributed by atoms with Crippen LogP contribution in [0.5, 0.6) is 0 Å². The molecular weight excluding hydrogens is 853 g/mol. The van der Waals surface area contributed by atoms with Crippen LogP contribution >= 0.6 is 0 Å². The minimum atomic E-state index is 0.569. The van der Waals surface area contributed by atoms with Gasteiger partial charge < -0.3 is 9.13 Å². The number of pyridine rings is 1. The van der Waals surface area contributed by atoms with Crippen molar-refractivity contribution in [3.05, 3.63) is 242 Å². The highest BCUT2D eigenvalue weighted by molar-refractivity contribution is 6.12. The summed E-state index contributed by atoms with van der Waals surface area (Å²) >= 11 is 0. The monoisotopic (exact) mass is 896 g/mol. The van der Waals surface area contributed by atoms with Crippen LogP contribution in [-0.2, 0) is 0 Å². The largest absolute Gasteiger partial charge is 0.309 e. The van der Waals surface area contributed by atoms with Crippen molar-refractivity contribution in [2.75, 3.05) is 0 Å². The van der Waals surface area contributed by atoms with Crippen molar-refractivity contribution in [1.29, 1.82) is 0 Å². The van der Waals surface area contributed by atoms with Crippen molar-refractivity contribution in [1.82, 2.24) is 29.1 Å². The average molecular weight is 897 g/mol. The van der Waals surface area contributed by atoms with Gasteiger partial charge in [0.05, 0.1) is 27.8 Å². The lowest BCUT2D eigenvalue weighted by Crippen LogP contribution is -2.04. The molecule has 9 aromatic carbocycles. The van der Waals surface area contributed by atoms with Gasteiger partial charge in [0.25, 0.3) is 0 Å². The lowest BCUT2D eigenvalue weighted by atomic mass is 9.97. The summed E-state index contributed by atoms with van der Waals surface area (Å²) in [5.74, 6) is 1.77. The molecule has 4 aromatic heterocycles. The van der Waals surface area contributed by atoms with E-state index in [1.165, 1.54) is 54.9 Å². The second kappa shape index (κ2) is 16.8. The third-order valence-corrected chi connectivity index (χ3v) is 13.8. The molecule has 70 heavy (non-hydrogen) atoms. The standard InChI is InChI=1S/C64H44N6/c1-41-17-9-11-23-48(41)45-29-33-59-54(37-45)50-25-13-15-27-57(50)69(59)47-31-32-52(64-67-62(43-19-5-3-6-20-43)66-63(68-64)44-21-7-4-8-22-44)53(39-47)56-40-65-36-35-61(56)70-58-28-16-14-26-51(58)55-38-46(30-34-60(55)70)49-24-12-10-18-42(49)2/h3-40H,1-2H3. The van der Waals surface area contributed by atoms with E-state index < -0.39 is 0 Å². The Morgan fingerprint density at radius 2 is 0.800 bits per heavy atom. The van der Waals surface area contributed by atoms with E-state index >= 15 is 0 Å². The van der Waals surface area contributed by atoms with Gasteiger partial charge in [-0.05, 0) is 113 Å². The summed E-state index contributed by atoms with van der Waals surface area (Å²) in [6.45, 7) is 4.36. The average Bonchev–Trinajstić information content (AvgIpc) is 3.93. The molecule has 6 nitrogen and oxygen atoms in total. The number of hydrogen-bond acceptors (Lipinski definition) is 4. The van der Waals surface area contributed by atoms with Crippen LogP contribution in [0.1, 0.15) is 11.1 Å². The Bertz CT molecular complexity index is 4090. The summed E-state index contributed by atoms with van der Waals surface area (Å²) in [6, 6.07) is 77.5. The van der Waals surface area contributed by atoms with Crippen LogP contribution in [0.15, 0.2) is 231 Å². The van der Waals surface area contributed by atoms with E-state index in [2.05, 4.69) is 205 Å². The Morgan fingerprint density at radius 3 is 1.39 bits per heavy atom. The molecule has 4 heterocycles. The van der Waals surface area contributed by atoms with Crippen LogP contribution in [0.25, 0.3) is 123 Å². The lowest BCUT2D eigenvalue weighted by Gasteiger charge is -2.18. The molecule has 0 aliphatic carbocycles. The fourth-order valence-electron chi connectivity index (χ4n) is 10.4. The van der Waals surface area contributed by atoms with Gasteiger partial charge >= 0.3 is 0 Å². The summed E-state index contributed by atoms with van der Waals surface area (Å²) in [7, 11) is 0. The third kappa shape index (κ3) is 6.88. The maximum absolute atomic E-state index is 5.31. The first kappa shape index (κ1) is 41.0. The molecule has 0 aliphatic rings. The molecule has 0 spiro atoms. The zero-order valence-corrected chi connectivity index (χ0v) is 38.6. The predicted octanol–water partition coefficient (Wildman–Crippen LogP) is 16.1. The molecule has 13 aromatic rings. The van der Waals surface area contributed by atoms with Gasteiger partial charge in [0, 0.05) is 61.9 Å². The molecule has 0 atom stereocenters. The number of nitrogens with zero attached hydrogens (tertiary/aromatic N) is 6. The fourth-order valence-corrected chi connectivity index (χ4v) is 10.4. The van der Waals surface area contributed by atoms with Gasteiger partial charge in [-0.3, -0.25) is 4.98 Å². The number of rotatable bonds is 8. The normalized spacial score (nSPS) is 11.6. The van der Waals surface area contributed by atoms with Crippen LogP contribution in [0.4, 0.5) is 0 Å². The number of aryl methyl sites for hydroxylation is 2. The van der Waals surface area contributed by atoms with Crippen LogP contribution in [0.2, 0.25) is 0 Å². The third-order valence-electron chi connectivity index (χ3n) is 13.8. The highest BCUT2D eigenvalue weighted by Crippen LogP contribution is 2.43. The van der Waals surface area contributed by atoms with Crippen LogP contribution in [0.3, 0.4) is 0 Å². The van der Waals surface area contributed by atoms with Crippen molar-refractivity contribution < 1.29 is 0 Å². The van der Waals surface area contributed by atoms with Crippen molar-refractivity contribution in [2.24, 2.45) is 0 Å². The molecule has 0 fully saturated rings. The van der Waals surface area contributed by atoms with Gasteiger partial charge in [-0.25, -0.2) is 15.0 Å². The summed E-state index contributed by atoms with van der Waals surface area (Å²) in [6.07, 6.45) is 3.89. The molecule has 0 amide bonds. The van der Waals surface area contributed by atoms with E-state index in [0.717, 1.165) is 61.3 Å². The summed E-state index contributed by atoms with van der Waals surface area (Å²) in [5, 5.41) is 4.74. The Labute approximate surface area is 405 Å². The smallest absolute Gasteiger partial charge is 0.164 e. The second-order valence-corrected chi connectivity index (χ2v) is 18.0. The van der Waals surface area contributed by atoms with Crippen LogP contribution in [0, 0.1) is 13.8 Å². The van der Waals surface area contributed by atoms with Crippen molar-refractivity contribution in [3.63, 3.8) is 0 Å². The number of benzene rings is 9. The fraction of sp³-hybridized carbons (Fsp3) is 0.0312. The molecule has 0 saturated heterocycles. The highest BCUT2D eigenvalue weighted by Gasteiger charge is 2.23. The zero-order chi connectivity index (χ0) is 46.7. The van der Waals surface area contributed by atoms with Gasteiger partial charge in [-0.1, -0.05) is 158 Å². The molecule has 0 bridgehead atoms. The Kier molecular flexibility index (Phi) is 9.84. The first-order valence-electron chi connectivity index (χ1n) is 23.7. The molecular formula is C64H44N6. The topological polar surface area (TPSA) is 61.4 Å². The molecule has 0 aliphatic heterocycles. The number of para-hydroxylation sites is 2. The van der Waals surface area contributed by atoms with E-state index in [-0.39, 0.29) is 0 Å². The number of fused-ring (bicyclic) bond motifs is 6. The first-order chi connectivity index (χ1) is 34.6. The zero-order valence-electron chi connectivity index (χ0n) is 38.6. The van der Waals surface area contributed by atoms with Gasteiger partial charge in [0.15, 0.2) is 17.5 Å². The van der Waals surface area contributed by atoms with Crippen molar-refractivity contribution in [2.45, 2.75) is 13.8 Å². The second-order valence-electron chi connectivity index (χ2n) is 18.0. The quantitative estimate of drug-likeness (QED) is 0.152. The van der Waals surface area contributed by atoms with Gasteiger partial charge in [-0.2, -0.15) is 0 Å². The van der Waals surface area contributed by atoms with Gasteiger partial charge in [0.2, 0.25) is 0 Å².